The Balaban J connectivity index is 1.91. The Kier molecular flexibility index (Phi) is 5.40. The zero-order valence-corrected chi connectivity index (χ0v) is 17.5. The number of aromatic nitrogens is 2. The minimum atomic E-state index is -0.811. The van der Waals surface area contributed by atoms with E-state index in [9.17, 15) is 14.7 Å². The molecule has 2 heterocycles. The maximum absolute atomic E-state index is 12.9. The largest absolute Gasteiger partial charge is 0.507 e. The average Bonchev–Trinajstić information content (AvgIpc) is 3.31. The summed E-state index contributed by atoms with van der Waals surface area (Å²) in [4.78, 5) is 27.2. The number of thioether (sulfide) groups is 1. The molecule has 1 amide bonds. The van der Waals surface area contributed by atoms with Crippen LogP contribution in [0.5, 0.6) is 0 Å². The molecule has 0 unspecified atom stereocenters. The Morgan fingerprint density at radius 1 is 1.10 bits per heavy atom. The third-order valence-corrected chi connectivity index (χ3v) is 6.60. The molecule has 0 saturated carbocycles. The van der Waals surface area contributed by atoms with Crippen LogP contribution in [0.4, 0.5) is 5.13 Å². The number of nitrogens with zero attached hydrogens (tertiary/aromatic N) is 3. The summed E-state index contributed by atoms with van der Waals surface area (Å²) < 4.78 is 0.673. The number of Topliss-reactive ketones (excluding diaryl/α,β-unsaturated/α-hetero) is 1. The van der Waals surface area contributed by atoms with Crippen LogP contribution in [-0.4, -0.2) is 33.3 Å². The molecule has 0 radical (unpaired) electrons. The van der Waals surface area contributed by atoms with Gasteiger partial charge in [0.2, 0.25) is 5.13 Å². The minimum absolute atomic E-state index is 0.00410. The van der Waals surface area contributed by atoms with E-state index in [2.05, 4.69) is 10.2 Å². The average molecular weight is 444 g/mol. The van der Waals surface area contributed by atoms with Gasteiger partial charge in [-0.15, -0.1) is 10.2 Å². The lowest BCUT2D eigenvalue weighted by molar-refractivity contribution is -0.132. The molecule has 2 aromatic carbocycles. The Bertz CT molecular complexity index is 1110. The molecule has 3 aromatic rings. The molecule has 1 aliphatic rings. The second-order valence-corrected chi connectivity index (χ2v) is 8.59. The van der Waals surface area contributed by atoms with Crippen LogP contribution in [0.25, 0.3) is 5.76 Å². The van der Waals surface area contributed by atoms with Crippen LogP contribution in [0.2, 0.25) is 5.02 Å². The monoisotopic (exact) mass is 443 g/mol. The summed E-state index contributed by atoms with van der Waals surface area (Å²) in [6, 6.07) is 14.7. The molecule has 0 aliphatic carbocycles. The summed E-state index contributed by atoms with van der Waals surface area (Å²) in [6.07, 6.45) is 1.85. The Morgan fingerprint density at radius 2 is 1.79 bits per heavy atom. The Labute approximate surface area is 179 Å². The highest BCUT2D eigenvalue weighted by Gasteiger charge is 2.48. The van der Waals surface area contributed by atoms with Crippen molar-refractivity contribution in [3.63, 3.8) is 0 Å². The van der Waals surface area contributed by atoms with Gasteiger partial charge >= 0.3 is 5.91 Å². The quantitative estimate of drug-likeness (QED) is 0.209. The van der Waals surface area contributed by atoms with Gasteiger partial charge in [0.05, 0.1) is 11.6 Å². The number of aliphatic hydroxyl groups is 1. The predicted octanol–water partition coefficient (Wildman–Crippen LogP) is 4.54. The first kappa shape index (κ1) is 19.6. The fourth-order valence-corrected chi connectivity index (χ4v) is 4.54. The number of benzene rings is 2. The van der Waals surface area contributed by atoms with Crippen LogP contribution >= 0.6 is 34.7 Å². The van der Waals surface area contributed by atoms with Crippen LogP contribution in [0.15, 0.2) is 64.5 Å². The number of aliphatic hydroxyl groups excluding tert-OH is 1. The van der Waals surface area contributed by atoms with Crippen molar-refractivity contribution >= 4 is 57.3 Å². The van der Waals surface area contributed by atoms with Gasteiger partial charge in [-0.25, -0.2) is 0 Å². The summed E-state index contributed by atoms with van der Waals surface area (Å²) >= 11 is 8.55. The maximum Gasteiger partial charge on any atom is 0.301 e. The molecule has 146 valence electrons. The van der Waals surface area contributed by atoms with Crippen molar-refractivity contribution in [2.75, 3.05) is 11.2 Å². The molecule has 4 rings (SSSR count). The van der Waals surface area contributed by atoms with Crippen molar-refractivity contribution in [3.8, 4) is 0 Å². The van der Waals surface area contributed by atoms with Crippen molar-refractivity contribution in [1.82, 2.24) is 10.2 Å². The molecule has 0 spiro atoms. The van der Waals surface area contributed by atoms with Gasteiger partial charge in [-0.2, -0.15) is 0 Å². The zero-order chi connectivity index (χ0) is 20.5. The number of ketones is 1. The van der Waals surface area contributed by atoms with E-state index >= 15 is 0 Å². The van der Waals surface area contributed by atoms with E-state index in [1.165, 1.54) is 28.0 Å². The van der Waals surface area contributed by atoms with Gasteiger partial charge in [-0.1, -0.05) is 65.0 Å². The molecule has 1 aromatic heterocycles. The Hall–Kier alpha value is -2.68. The van der Waals surface area contributed by atoms with Crippen LogP contribution in [-0.2, 0) is 9.59 Å². The molecule has 29 heavy (non-hydrogen) atoms. The topological polar surface area (TPSA) is 83.4 Å². The van der Waals surface area contributed by atoms with E-state index < -0.39 is 17.7 Å². The van der Waals surface area contributed by atoms with Crippen molar-refractivity contribution in [2.45, 2.75) is 10.4 Å². The number of anilines is 1. The van der Waals surface area contributed by atoms with Gasteiger partial charge in [0, 0.05) is 10.6 Å². The standard InChI is InChI=1S/C20H14ClN3O3S2/c1-28-20-23-22-19(29-20)24-15(11-5-3-2-4-6-11)14(17(26)18(24)27)16(25)12-7-9-13(21)10-8-12/h2-10,15,25H,1H3/b16-14+/t15-/m1/s1. The summed E-state index contributed by atoms with van der Waals surface area (Å²) in [6.45, 7) is 0. The molecule has 1 aliphatic heterocycles. The van der Waals surface area contributed by atoms with E-state index in [4.69, 9.17) is 11.6 Å². The summed E-state index contributed by atoms with van der Waals surface area (Å²) in [7, 11) is 0. The first-order valence-electron chi connectivity index (χ1n) is 8.50. The summed E-state index contributed by atoms with van der Waals surface area (Å²) in [5.41, 5.74) is 1.09. The van der Waals surface area contributed by atoms with Gasteiger partial charge in [0.15, 0.2) is 4.34 Å². The molecular formula is C20H14ClN3O3S2. The highest BCUT2D eigenvalue weighted by molar-refractivity contribution is 8.00. The van der Waals surface area contributed by atoms with E-state index in [1.807, 2.05) is 24.5 Å². The zero-order valence-electron chi connectivity index (χ0n) is 15.1. The SMILES string of the molecule is CSc1nnc(N2C(=O)C(=O)/C(=C(/O)c3ccc(Cl)cc3)[C@H]2c2ccccc2)s1. The van der Waals surface area contributed by atoms with Crippen LogP contribution in [0, 0.1) is 0 Å². The molecule has 1 N–H and O–H groups in total. The lowest BCUT2D eigenvalue weighted by Crippen LogP contribution is -2.29. The second kappa shape index (κ2) is 7.98. The van der Waals surface area contributed by atoms with Crippen LogP contribution in [0.1, 0.15) is 17.2 Å². The number of halogens is 1. The number of hydrogen-bond acceptors (Lipinski definition) is 7. The highest BCUT2D eigenvalue weighted by Crippen LogP contribution is 2.43. The van der Waals surface area contributed by atoms with E-state index in [-0.39, 0.29) is 11.3 Å². The van der Waals surface area contributed by atoms with Gasteiger partial charge in [-0.3, -0.25) is 14.5 Å². The number of amides is 1. The fraction of sp³-hybridized carbons (Fsp3) is 0.100. The first-order valence-corrected chi connectivity index (χ1v) is 10.9. The van der Waals surface area contributed by atoms with Crippen molar-refractivity contribution in [1.29, 1.82) is 0 Å². The molecule has 0 bridgehead atoms. The third-order valence-electron chi connectivity index (χ3n) is 4.45. The molecule has 1 fully saturated rings. The van der Waals surface area contributed by atoms with Gasteiger partial charge in [0.1, 0.15) is 5.76 Å². The van der Waals surface area contributed by atoms with Crippen LogP contribution < -0.4 is 4.90 Å². The maximum atomic E-state index is 12.9. The Morgan fingerprint density at radius 3 is 2.41 bits per heavy atom. The van der Waals surface area contributed by atoms with Gasteiger partial charge in [-0.05, 0) is 36.1 Å². The van der Waals surface area contributed by atoms with Crippen molar-refractivity contribution < 1.29 is 14.7 Å². The first-order chi connectivity index (χ1) is 14.0. The number of carbonyl (C=O) groups is 2. The van der Waals surface area contributed by atoms with Crippen molar-refractivity contribution in [2.24, 2.45) is 0 Å². The predicted molar refractivity (Wildman–Crippen MR) is 114 cm³/mol. The second-order valence-electron chi connectivity index (χ2n) is 6.14. The third kappa shape index (κ3) is 3.55. The number of rotatable bonds is 4. The lowest BCUT2D eigenvalue weighted by Gasteiger charge is -2.22. The normalized spacial score (nSPS) is 18.4. The highest BCUT2D eigenvalue weighted by atomic mass is 35.5. The number of carbonyl (C=O) groups excluding carboxylic acids is 2. The fourth-order valence-electron chi connectivity index (χ4n) is 3.13. The molecular weight excluding hydrogens is 430 g/mol. The van der Waals surface area contributed by atoms with Crippen molar-refractivity contribution in [3.05, 3.63) is 76.3 Å². The summed E-state index contributed by atoms with van der Waals surface area (Å²) in [5, 5.41) is 19.9. The molecule has 6 nitrogen and oxygen atoms in total. The van der Waals surface area contributed by atoms with Gasteiger partial charge in [0.25, 0.3) is 5.78 Å². The van der Waals surface area contributed by atoms with Crippen LogP contribution in [0.3, 0.4) is 0 Å². The van der Waals surface area contributed by atoms with E-state index in [1.54, 1.807) is 36.4 Å². The smallest absolute Gasteiger partial charge is 0.301 e. The molecule has 9 heteroatoms. The van der Waals surface area contributed by atoms with E-state index in [0.717, 1.165) is 0 Å². The molecule has 1 atom stereocenters. The molecule has 1 saturated heterocycles. The summed E-state index contributed by atoms with van der Waals surface area (Å²) in [5.74, 6) is -1.78. The van der Waals surface area contributed by atoms with Gasteiger partial charge < -0.3 is 5.11 Å². The van der Waals surface area contributed by atoms with E-state index in [0.29, 0.717) is 25.6 Å². The number of hydrogen-bond donors (Lipinski definition) is 1. The minimum Gasteiger partial charge on any atom is -0.507 e. The lowest BCUT2D eigenvalue weighted by atomic mass is 9.95.